The van der Waals surface area contributed by atoms with E-state index in [1.54, 1.807) is 25.1 Å². The van der Waals surface area contributed by atoms with Gasteiger partial charge in [0.1, 0.15) is 0 Å². The molecule has 0 fully saturated rings. The first-order chi connectivity index (χ1) is 9.99. The maximum atomic E-state index is 13.1. The molecule has 110 valence electrons. The smallest absolute Gasteiger partial charge is 0.251 e. The van der Waals surface area contributed by atoms with Gasteiger partial charge in [-0.2, -0.15) is 0 Å². The summed E-state index contributed by atoms with van der Waals surface area (Å²) < 4.78 is 25.9. The molecule has 5 heteroatoms. The van der Waals surface area contributed by atoms with Crippen LogP contribution >= 0.6 is 0 Å². The van der Waals surface area contributed by atoms with E-state index in [0.29, 0.717) is 5.56 Å². The molecule has 0 unspecified atom stereocenters. The van der Waals surface area contributed by atoms with Gasteiger partial charge in [0.25, 0.3) is 5.91 Å². The molecule has 2 aromatic carbocycles. The molecule has 0 spiro atoms. The number of carbonyl (C=O) groups is 1. The molecule has 2 N–H and O–H groups in total. The summed E-state index contributed by atoms with van der Waals surface area (Å²) in [5.41, 5.74) is 1.53. The van der Waals surface area contributed by atoms with Crippen LogP contribution in [0, 0.1) is 18.6 Å². The molecule has 0 aliphatic carbocycles. The Labute approximate surface area is 121 Å². The number of aliphatic hydroxyl groups excluding tert-OH is 1. The van der Waals surface area contributed by atoms with Crippen molar-refractivity contribution in [1.29, 1.82) is 0 Å². The third-order valence-corrected chi connectivity index (χ3v) is 3.17. The monoisotopic (exact) mass is 291 g/mol. The van der Waals surface area contributed by atoms with E-state index >= 15 is 0 Å². The summed E-state index contributed by atoms with van der Waals surface area (Å²) in [7, 11) is 0. The van der Waals surface area contributed by atoms with Gasteiger partial charge < -0.3 is 10.4 Å². The minimum Gasteiger partial charge on any atom is -0.387 e. The van der Waals surface area contributed by atoms with Gasteiger partial charge in [-0.25, -0.2) is 8.78 Å². The van der Waals surface area contributed by atoms with Gasteiger partial charge in [-0.05, 0) is 36.2 Å². The number of amides is 1. The average molecular weight is 291 g/mol. The molecule has 3 nitrogen and oxygen atoms in total. The molecule has 0 aromatic heterocycles. The molecule has 0 saturated heterocycles. The maximum absolute atomic E-state index is 13.1. The largest absolute Gasteiger partial charge is 0.387 e. The number of hydrogen-bond donors (Lipinski definition) is 2. The molecule has 0 saturated carbocycles. The third-order valence-electron chi connectivity index (χ3n) is 3.17. The van der Waals surface area contributed by atoms with Crippen molar-refractivity contribution in [3.05, 3.63) is 70.8 Å². The first-order valence-corrected chi connectivity index (χ1v) is 6.46. The van der Waals surface area contributed by atoms with E-state index in [-0.39, 0.29) is 18.0 Å². The van der Waals surface area contributed by atoms with Crippen molar-refractivity contribution < 1.29 is 18.7 Å². The number of aryl methyl sites for hydroxylation is 1. The fraction of sp³-hybridized carbons (Fsp3) is 0.188. The highest BCUT2D eigenvalue weighted by Gasteiger charge is 2.13. The van der Waals surface area contributed by atoms with Gasteiger partial charge in [0.15, 0.2) is 11.6 Å². The zero-order valence-corrected chi connectivity index (χ0v) is 11.4. The van der Waals surface area contributed by atoms with Crippen LogP contribution in [0.5, 0.6) is 0 Å². The van der Waals surface area contributed by atoms with E-state index in [4.69, 9.17) is 0 Å². The van der Waals surface area contributed by atoms with Crippen molar-refractivity contribution >= 4 is 5.91 Å². The zero-order valence-electron chi connectivity index (χ0n) is 11.4. The summed E-state index contributed by atoms with van der Waals surface area (Å²) in [5.74, 6) is -2.33. The normalized spacial score (nSPS) is 12.0. The third kappa shape index (κ3) is 3.64. The molecule has 2 rings (SSSR count). The Morgan fingerprint density at radius 1 is 1.19 bits per heavy atom. The Hall–Kier alpha value is -2.27. The van der Waals surface area contributed by atoms with E-state index in [9.17, 15) is 18.7 Å². The predicted octanol–water partition coefficient (Wildman–Crippen LogP) is 2.74. The lowest BCUT2D eigenvalue weighted by Crippen LogP contribution is -2.28. The summed E-state index contributed by atoms with van der Waals surface area (Å²) in [6, 6.07) is 10.2. The highest BCUT2D eigenvalue weighted by atomic mass is 19.2. The predicted molar refractivity (Wildman–Crippen MR) is 74.8 cm³/mol. The van der Waals surface area contributed by atoms with Crippen molar-refractivity contribution in [3.8, 4) is 0 Å². The Balaban J connectivity index is 2.01. The highest BCUT2D eigenvalue weighted by molar-refractivity contribution is 5.95. The van der Waals surface area contributed by atoms with Crippen LogP contribution in [-0.4, -0.2) is 17.6 Å². The lowest BCUT2D eigenvalue weighted by molar-refractivity contribution is 0.0915. The number of nitrogens with one attached hydrogen (secondary N) is 1. The van der Waals surface area contributed by atoms with Crippen molar-refractivity contribution in [1.82, 2.24) is 5.32 Å². The van der Waals surface area contributed by atoms with Crippen LogP contribution in [0.1, 0.15) is 27.6 Å². The van der Waals surface area contributed by atoms with Gasteiger partial charge in [0.05, 0.1) is 6.10 Å². The van der Waals surface area contributed by atoms with Gasteiger partial charge in [0, 0.05) is 12.1 Å². The second-order valence-corrected chi connectivity index (χ2v) is 4.71. The molecule has 0 aliphatic rings. The SMILES string of the molecule is Cc1ccccc1C(=O)NC[C@@H](O)c1ccc(F)c(F)c1. The van der Waals surface area contributed by atoms with Crippen LogP contribution in [0.25, 0.3) is 0 Å². The zero-order chi connectivity index (χ0) is 15.4. The molecular weight excluding hydrogens is 276 g/mol. The van der Waals surface area contributed by atoms with Crippen molar-refractivity contribution in [3.63, 3.8) is 0 Å². The summed E-state index contributed by atoms with van der Waals surface area (Å²) in [4.78, 5) is 12.0. The molecule has 0 heterocycles. The van der Waals surface area contributed by atoms with Crippen molar-refractivity contribution in [2.24, 2.45) is 0 Å². The number of rotatable bonds is 4. The standard InChI is InChI=1S/C16H15F2NO2/c1-10-4-2-3-5-12(10)16(21)19-9-15(20)11-6-7-13(17)14(18)8-11/h2-8,15,20H,9H2,1H3,(H,19,21)/t15-/m1/s1. The number of aliphatic hydroxyl groups is 1. The van der Waals surface area contributed by atoms with Crippen LogP contribution < -0.4 is 5.32 Å². The van der Waals surface area contributed by atoms with E-state index in [1.165, 1.54) is 6.07 Å². The quantitative estimate of drug-likeness (QED) is 0.910. The van der Waals surface area contributed by atoms with Gasteiger partial charge in [-0.3, -0.25) is 4.79 Å². The molecule has 0 bridgehead atoms. The summed E-state index contributed by atoms with van der Waals surface area (Å²) in [6.45, 7) is 1.72. The van der Waals surface area contributed by atoms with Gasteiger partial charge >= 0.3 is 0 Å². The molecular formula is C16H15F2NO2. The van der Waals surface area contributed by atoms with Crippen LogP contribution in [-0.2, 0) is 0 Å². The number of halogens is 2. The fourth-order valence-corrected chi connectivity index (χ4v) is 1.95. The van der Waals surface area contributed by atoms with E-state index in [0.717, 1.165) is 17.7 Å². The molecule has 2 aromatic rings. The van der Waals surface area contributed by atoms with E-state index in [2.05, 4.69) is 5.32 Å². The van der Waals surface area contributed by atoms with E-state index < -0.39 is 17.7 Å². The summed E-state index contributed by atoms with van der Waals surface area (Å²) >= 11 is 0. The van der Waals surface area contributed by atoms with Crippen LogP contribution in [0.4, 0.5) is 8.78 Å². The number of benzene rings is 2. The fourth-order valence-electron chi connectivity index (χ4n) is 1.95. The van der Waals surface area contributed by atoms with Gasteiger partial charge in [-0.15, -0.1) is 0 Å². The minimum absolute atomic E-state index is 0.0851. The molecule has 1 amide bonds. The Bertz CT molecular complexity index is 658. The van der Waals surface area contributed by atoms with Crippen LogP contribution in [0.3, 0.4) is 0 Å². The van der Waals surface area contributed by atoms with Crippen LogP contribution in [0.15, 0.2) is 42.5 Å². The van der Waals surface area contributed by atoms with Crippen molar-refractivity contribution in [2.75, 3.05) is 6.54 Å². The van der Waals surface area contributed by atoms with Crippen molar-refractivity contribution in [2.45, 2.75) is 13.0 Å². The molecule has 0 aliphatic heterocycles. The Morgan fingerprint density at radius 2 is 1.90 bits per heavy atom. The average Bonchev–Trinajstić information content (AvgIpc) is 2.47. The Kier molecular flexibility index (Phi) is 4.65. The summed E-state index contributed by atoms with van der Waals surface area (Å²) in [5, 5.41) is 12.5. The first-order valence-electron chi connectivity index (χ1n) is 6.46. The second-order valence-electron chi connectivity index (χ2n) is 4.71. The summed E-state index contributed by atoms with van der Waals surface area (Å²) in [6.07, 6.45) is -1.10. The highest BCUT2D eigenvalue weighted by Crippen LogP contribution is 2.16. The maximum Gasteiger partial charge on any atom is 0.251 e. The first kappa shape index (κ1) is 15.1. The minimum atomic E-state index is -1.10. The van der Waals surface area contributed by atoms with E-state index in [1.807, 2.05) is 6.07 Å². The lowest BCUT2D eigenvalue weighted by Gasteiger charge is -2.13. The van der Waals surface area contributed by atoms with Gasteiger partial charge in [0.2, 0.25) is 0 Å². The molecule has 0 radical (unpaired) electrons. The van der Waals surface area contributed by atoms with Crippen LogP contribution in [0.2, 0.25) is 0 Å². The topological polar surface area (TPSA) is 49.3 Å². The lowest BCUT2D eigenvalue weighted by atomic mass is 10.1. The number of hydrogen-bond acceptors (Lipinski definition) is 2. The number of carbonyl (C=O) groups excluding carboxylic acids is 1. The second kappa shape index (κ2) is 6.45. The Morgan fingerprint density at radius 3 is 2.57 bits per heavy atom. The molecule has 1 atom stereocenters. The van der Waals surface area contributed by atoms with Gasteiger partial charge in [-0.1, -0.05) is 24.3 Å². The molecule has 21 heavy (non-hydrogen) atoms.